The molecule has 4 nitrogen and oxygen atoms in total. The summed E-state index contributed by atoms with van der Waals surface area (Å²) < 4.78 is 0. The highest BCUT2D eigenvalue weighted by Gasteiger charge is 2.16. The summed E-state index contributed by atoms with van der Waals surface area (Å²) in [4.78, 5) is 12.0. The van der Waals surface area contributed by atoms with Gasteiger partial charge >= 0.3 is 6.09 Å². The maximum absolute atomic E-state index is 10.9. The van der Waals surface area contributed by atoms with E-state index in [2.05, 4.69) is 0 Å². The van der Waals surface area contributed by atoms with Gasteiger partial charge in [-0.15, -0.1) is 0 Å². The highest BCUT2D eigenvalue weighted by molar-refractivity contribution is 5.87. The number of nitriles is 1. The zero-order valence-electron chi connectivity index (χ0n) is 8.69. The summed E-state index contributed by atoms with van der Waals surface area (Å²) in [7, 11) is 0. The monoisotopic (exact) mass is 204 g/mol. The molecular weight excluding hydrogens is 192 g/mol. The maximum atomic E-state index is 10.9. The van der Waals surface area contributed by atoms with Crippen molar-refractivity contribution in [3.05, 3.63) is 29.3 Å². The minimum Gasteiger partial charge on any atom is -0.465 e. The minimum atomic E-state index is -1.11. The van der Waals surface area contributed by atoms with Crippen molar-refractivity contribution in [2.24, 2.45) is 0 Å². The fraction of sp³-hybridized carbons (Fsp3) is 0.273. The highest BCUT2D eigenvalue weighted by Crippen LogP contribution is 2.22. The van der Waals surface area contributed by atoms with E-state index in [1.165, 1.54) is 0 Å². The molecule has 4 heteroatoms. The quantitative estimate of drug-likeness (QED) is 0.752. The number of anilines is 1. The lowest BCUT2D eigenvalue weighted by Gasteiger charge is -2.18. The van der Waals surface area contributed by atoms with E-state index in [1.807, 2.05) is 26.0 Å². The van der Waals surface area contributed by atoms with E-state index in [4.69, 9.17) is 10.4 Å². The van der Waals surface area contributed by atoms with E-state index in [1.54, 1.807) is 12.1 Å². The smallest absolute Gasteiger partial charge is 0.412 e. The number of carboxylic acid groups (broad SMARTS) is 1. The first-order valence-electron chi connectivity index (χ1n) is 4.51. The van der Waals surface area contributed by atoms with Crippen molar-refractivity contribution in [1.82, 2.24) is 0 Å². The second kappa shape index (κ2) is 4.47. The number of hydrogen-bond acceptors (Lipinski definition) is 2. The molecule has 0 bridgehead atoms. The average molecular weight is 204 g/mol. The summed E-state index contributed by atoms with van der Waals surface area (Å²) in [6.07, 6.45) is -1.11. The van der Waals surface area contributed by atoms with Gasteiger partial charge in [0, 0.05) is 0 Å². The molecule has 0 spiro atoms. The Hall–Kier alpha value is -2.02. The van der Waals surface area contributed by atoms with Gasteiger partial charge in [0.1, 0.15) is 6.54 Å². The Bertz CT molecular complexity index is 421. The van der Waals surface area contributed by atoms with Crippen LogP contribution in [0.15, 0.2) is 18.2 Å². The molecule has 0 unspecified atom stereocenters. The van der Waals surface area contributed by atoms with Crippen molar-refractivity contribution in [2.75, 3.05) is 11.4 Å². The molecule has 78 valence electrons. The van der Waals surface area contributed by atoms with Gasteiger partial charge in [0.05, 0.1) is 11.8 Å². The molecule has 0 saturated heterocycles. The van der Waals surface area contributed by atoms with E-state index in [9.17, 15) is 4.79 Å². The molecule has 0 fully saturated rings. The molecule has 1 aromatic rings. The standard InChI is InChI=1S/C11H12N2O2/c1-8-4-3-5-10(9(8)2)13(7-6-12)11(14)15/h3-5H,7H2,1-2H3,(H,14,15). The Morgan fingerprint density at radius 1 is 1.53 bits per heavy atom. The molecule has 0 atom stereocenters. The van der Waals surface area contributed by atoms with Crippen molar-refractivity contribution < 1.29 is 9.90 Å². The molecular formula is C11H12N2O2. The molecule has 1 N–H and O–H groups in total. The van der Waals surface area contributed by atoms with Crippen LogP contribution in [0.25, 0.3) is 0 Å². The normalized spacial score (nSPS) is 9.40. The number of carbonyl (C=O) groups is 1. The van der Waals surface area contributed by atoms with Crippen LogP contribution in [0.3, 0.4) is 0 Å². The number of benzene rings is 1. The molecule has 0 aliphatic heterocycles. The third-order valence-corrected chi connectivity index (χ3v) is 2.33. The van der Waals surface area contributed by atoms with E-state index in [-0.39, 0.29) is 6.54 Å². The van der Waals surface area contributed by atoms with E-state index in [0.29, 0.717) is 5.69 Å². The van der Waals surface area contributed by atoms with E-state index in [0.717, 1.165) is 16.0 Å². The first kappa shape index (κ1) is 11.1. The molecule has 1 rings (SSSR count). The highest BCUT2D eigenvalue weighted by atomic mass is 16.4. The van der Waals surface area contributed by atoms with Gasteiger partial charge in [-0.2, -0.15) is 5.26 Å². The van der Waals surface area contributed by atoms with Crippen molar-refractivity contribution in [2.45, 2.75) is 13.8 Å². The van der Waals surface area contributed by atoms with Gasteiger partial charge in [0.15, 0.2) is 0 Å². The maximum Gasteiger partial charge on any atom is 0.412 e. The molecule has 1 amide bonds. The third-order valence-electron chi connectivity index (χ3n) is 2.33. The van der Waals surface area contributed by atoms with Crippen LogP contribution >= 0.6 is 0 Å². The Morgan fingerprint density at radius 3 is 2.73 bits per heavy atom. The van der Waals surface area contributed by atoms with Crippen LogP contribution < -0.4 is 4.90 Å². The van der Waals surface area contributed by atoms with Gasteiger partial charge in [-0.05, 0) is 31.0 Å². The van der Waals surface area contributed by atoms with Gasteiger partial charge in [-0.25, -0.2) is 4.79 Å². The molecule has 1 aromatic carbocycles. The third kappa shape index (κ3) is 2.26. The molecule has 0 radical (unpaired) electrons. The van der Waals surface area contributed by atoms with E-state index >= 15 is 0 Å². The van der Waals surface area contributed by atoms with Gasteiger partial charge in [0.25, 0.3) is 0 Å². The second-order valence-electron chi connectivity index (χ2n) is 3.25. The van der Waals surface area contributed by atoms with Crippen LogP contribution in [0.4, 0.5) is 10.5 Å². The van der Waals surface area contributed by atoms with Gasteiger partial charge < -0.3 is 5.11 Å². The largest absolute Gasteiger partial charge is 0.465 e. The predicted octanol–water partition coefficient (Wildman–Crippen LogP) is 2.31. The Morgan fingerprint density at radius 2 is 2.20 bits per heavy atom. The molecule has 0 aromatic heterocycles. The summed E-state index contributed by atoms with van der Waals surface area (Å²) >= 11 is 0. The van der Waals surface area contributed by atoms with Gasteiger partial charge in [0.2, 0.25) is 0 Å². The number of aryl methyl sites for hydroxylation is 1. The molecule has 15 heavy (non-hydrogen) atoms. The number of nitrogens with zero attached hydrogens (tertiary/aromatic N) is 2. The number of rotatable bonds is 2. The summed E-state index contributed by atoms with van der Waals surface area (Å²) in [5, 5.41) is 17.5. The Labute approximate surface area is 88.4 Å². The SMILES string of the molecule is Cc1cccc(N(CC#N)C(=O)O)c1C. The van der Waals surface area contributed by atoms with Crippen LogP contribution in [0.1, 0.15) is 11.1 Å². The van der Waals surface area contributed by atoms with Crippen molar-refractivity contribution in [3.8, 4) is 6.07 Å². The summed E-state index contributed by atoms with van der Waals surface area (Å²) in [6.45, 7) is 3.60. The number of hydrogen-bond donors (Lipinski definition) is 1. The van der Waals surface area contributed by atoms with Crippen LogP contribution in [0.2, 0.25) is 0 Å². The topological polar surface area (TPSA) is 64.3 Å². The Balaban J connectivity index is 3.18. The molecule has 0 saturated carbocycles. The molecule has 0 aliphatic carbocycles. The van der Waals surface area contributed by atoms with Crippen molar-refractivity contribution >= 4 is 11.8 Å². The summed E-state index contributed by atoms with van der Waals surface area (Å²) in [5.74, 6) is 0. The Kier molecular flexibility index (Phi) is 3.29. The summed E-state index contributed by atoms with van der Waals surface area (Å²) in [5.41, 5.74) is 2.47. The first-order chi connectivity index (χ1) is 7.07. The van der Waals surface area contributed by atoms with Crippen molar-refractivity contribution in [3.63, 3.8) is 0 Å². The van der Waals surface area contributed by atoms with Gasteiger partial charge in [-0.3, -0.25) is 4.90 Å². The lowest BCUT2D eigenvalue weighted by molar-refractivity contribution is 0.202. The fourth-order valence-corrected chi connectivity index (χ4v) is 1.35. The van der Waals surface area contributed by atoms with Crippen LogP contribution in [0, 0.1) is 25.2 Å². The van der Waals surface area contributed by atoms with Crippen LogP contribution in [-0.2, 0) is 0 Å². The van der Waals surface area contributed by atoms with Crippen LogP contribution in [-0.4, -0.2) is 17.7 Å². The second-order valence-corrected chi connectivity index (χ2v) is 3.25. The number of amides is 1. The van der Waals surface area contributed by atoms with Crippen molar-refractivity contribution in [1.29, 1.82) is 5.26 Å². The minimum absolute atomic E-state index is 0.153. The van der Waals surface area contributed by atoms with E-state index < -0.39 is 6.09 Å². The van der Waals surface area contributed by atoms with Crippen LogP contribution in [0.5, 0.6) is 0 Å². The zero-order chi connectivity index (χ0) is 11.4. The van der Waals surface area contributed by atoms with Gasteiger partial charge in [-0.1, -0.05) is 12.1 Å². The predicted molar refractivity (Wildman–Crippen MR) is 56.9 cm³/mol. The summed E-state index contributed by atoms with van der Waals surface area (Å²) in [6, 6.07) is 7.23. The zero-order valence-corrected chi connectivity index (χ0v) is 8.69. The lowest BCUT2D eigenvalue weighted by atomic mass is 10.1. The molecule has 0 heterocycles. The average Bonchev–Trinajstić information content (AvgIpc) is 2.19. The first-order valence-corrected chi connectivity index (χ1v) is 4.51. The molecule has 0 aliphatic rings. The lowest BCUT2D eigenvalue weighted by Crippen LogP contribution is -2.30. The fourth-order valence-electron chi connectivity index (χ4n) is 1.35.